The Balaban J connectivity index is 1.66. The molecule has 2 saturated carbocycles. The first-order chi connectivity index (χ1) is 15.1. The molecule has 3 aliphatic rings. The monoisotopic (exact) mass is 427 g/mol. The van der Waals surface area contributed by atoms with Crippen molar-refractivity contribution in [2.24, 2.45) is 16.8 Å². The van der Waals surface area contributed by atoms with Gasteiger partial charge in [-0.25, -0.2) is 9.79 Å². The number of nitrogens with zero attached hydrogens (tertiary/aromatic N) is 2. The number of anilines is 1. The molecule has 3 fully saturated rings. The zero-order valence-corrected chi connectivity index (χ0v) is 19.0. The largest absolute Gasteiger partial charge is 0.506 e. The number of aromatic hydroxyl groups is 1. The summed E-state index contributed by atoms with van der Waals surface area (Å²) >= 11 is 0. The molecule has 4 rings (SSSR count). The van der Waals surface area contributed by atoms with Gasteiger partial charge in [0, 0.05) is 12.6 Å². The van der Waals surface area contributed by atoms with Gasteiger partial charge >= 0.3 is 5.97 Å². The van der Waals surface area contributed by atoms with E-state index >= 15 is 0 Å². The third-order valence-corrected chi connectivity index (χ3v) is 7.53. The van der Waals surface area contributed by atoms with Gasteiger partial charge in [-0.1, -0.05) is 32.6 Å². The standard InChI is InChI=1S/C25H37N3O3/c1-17-8-3-5-11-20(17)26-25(28-15-7-10-18-9-4-6-12-22(18)28)27-21-16-19(24(30)31-2)13-14-23(21)29/h13-14,16-18,20,22,29H,3-12,15H2,1-2H3,(H,26,27). The van der Waals surface area contributed by atoms with Crippen molar-refractivity contribution in [3.8, 4) is 5.75 Å². The van der Waals surface area contributed by atoms with E-state index in [1.165, 1.54) is 64.9 Å². The van der Waals surface area contributed by atoms with E-state index in [0.29, 0.717) is 29.3 Å². The molecule has 0 bridgehead atoms. The molecule has 0 radical (unpaired) electrons. The van der Waals surface area contributed by atoms with Crippen LogP contribution in [0.15, 0.2) is 23.2 Å². The number of hydrogen-bond donors (Lipinski definition) is 2. The molecular weight excluding hydrogens is 390 g/mol. The molecule has 2 N–H and O–H groups in total. The van der Waals surface area contributed by atoms with Gasteiger partial charge in [0.1, 0.15) is 5.75 Å². The molecule has 170 valence electrons. The topological polar surface area (TPSA) is 74.2 Å². The molecule has 1 heterocycles. The number of phenolic OH excluding ortho intramolecular Hbond substituents is 1. The second kappa shape index (κ2) is 9.92. The Bertz CT molecular complexity index is 807. The van der Waals surface area contributed by atoms with E-state index in [1.54, 1.807) is 18.2 Å². The number of nitrogens with one attached hydrogen (secondary N) is 1. The zero-order chi connectivity index (χ0) is 21.8. The van der Waals surface area contributed by atoms with Crippen LogP contribution in [0.4, 0.5) is 5.69 Å². The average Bonchev–Trinajstić information content (AvgIpc) is 2.80. The fraction of sp³-hybridized carbons (Fsp3) is 0.680. The highest BCUT2D eigenvalue weighted by molar-refractivity contribution is 5.98. The molecule has 2 aliphatic carbocycles. The van der Waals surface area contributed by atoms with Crippen LogP contribution in [-0.2, 0) is 4.74 Å². The van der Waals surface area contributed by atoms with Crippen molar-refractivity contribution >= 4 is 17.6 Å². The number of benzene rings is 1. The molecule has 0 aromatic heterocycles. The number of esters is 1. The molecule has 4 unspecified atom stereocenters. The summed E-state index contributed by atoms with van der Waals surface area (Å²) in [5.41, 5.74) is 0.936. The van der Waals surface area contributed by atoms with E-state index in [-0.39, 0.29) is 5.75 Å². The van der Waals surface area contributed by atoms with E-state index in [1.807, 2.05) is 0 Å². The van der Waals surface area contributed by atoms with Crippen molar-refractivity contribution in [2.45, 2.75) is 83.2 Å². The van der Waals surface area contributed by atoms with Gasteiger partial charge in [-0.05, 0) is 68.6 Å². The lowest BCUT2D eigenvalue weighted by molar-refractivity contribution is 0.0601. The van der Waals surface area contributed by atoms with Gasteiger partial charge in [0.05, 0.1) is 24.4 Å². The highest BCUT2D eigenvalue weighted by Gasteiger charge is 2.36. The van der Waals surface area contributed by atoms with Gasteiger partial charge < -0.3 is 20.1 Å². The Morgan fingerprint density at radius 1 is 1.10 bits per heavy atom. The Labute approximate surface area is 186 Å². The third-order valence-electron chi connectivity index (χ3n) is 7.53. The minimum Gasteiger partial charge on any atom is -0.506 e. The predicted octanol–water partition coefficient (Wildman–Crippen LogP) is 5.18. The minimum absolute atomic E-state index is 0.120. The van der Waals surface area contributed by atoms with Crippen molar-refractivity contribution in [1.29, 1.82) is 0 Å². The van der Waals surface area contributed by atoms with Gasteiger partial charge in [0.15, 0.2) is 5.96 Å². The molecule has 1 aliphatic heterocycles. The number of likely N-dealkylation sites (tertiary alicyclic amines) is 1. The number of guanidine groups is 1. The van der Waals surface area contributed by atoms with Crippen molar-refractivity contribution in [3.63, 3.8) is 0 Å². The predicted molar refractivity (Wildman–Crippen MR) is 124 cm³/mol. The molecule has 0 amide bonds. The van der Waals surface area contributed by atoms with E-state index in [0.717, 1.165) is 24.8 Å². The summed E-state index contributed by atoms with van der Waals surface area (Å²) < 4.78 is 4.87. The van der Waals surface area contributed by atoms with Gasteiger partial charge in [-0.3, -0.25) is 0 Å². The molecule has 1 saturated heterocycles. The summed E-state index contributed by atoms with van der Waals surface area (Å²) in [5.74, 6) is 1.87. The quantitative estimate of drug-likeness (QED) is 0.301. The number of fused-ring (bicyclic) bond motifs is 1. The average molecular weight is 428 g/mol. The van der Waals surface area contributed by atoms with E-state index < -0.39 is 5.97 Å². The van der Waals surface area contributed by atoms with Gasteiger partial charge in [-0.15, -0.1) is 0 Å². The van der Waals surface area contributed by atoms with Gasteiger partial charge in [0.25, 0.3) is 0 Å². The summed E-state index contributed by atoms with van der Waals surface area (Å²) in [6.07, 6.45) is 12.4. The fourth-order valence-corrected chi connectivity index (χ4v) is 5.71. The van der Waals surface area contributed by atoms with Crippen LogP contribution in [0.2, 0.25) is 0 Å². The SMILES string of the molecule is COC(=O)c1ccc(O)c(NC(=NC2CCCCC2C)N2CCCC3CCCCC32)c1. The molecule has 0 spiro atoms. The molecule has 1 aromatic carbocycles. The smallest absolute Gasteiger partial charge is 0.337 e. The van der Waals surface area contributed by atoms with Crippen LogP contribution in [-0.4, -0.2) is 47.7 Å². The molecule has 6 heteroatoms. The van der Waals surface area contributed by atoms with Crippen LogP contribution in [0.25, 0.3) is 0 Å². The van der Waals surface area contributed by atoms with Crippen LogP contribution < -0.4 is 5.32 Å². The minimum atomic E-state index is -0.409. The molecule has 6 nitrogen and oxygen atoms in total. The number of carbonyl (C=O) groups excluding carboxylic acids is 1. The first-order valence-corrected chi connectivity index (χ1v) is 12.1. The Morgan fingerprint density at radius 3 is 2.65 bits per heavy atom. The zero-order valence-electron chi connectivity index (χ0n) is 19.0. The number of hydrogen-bond acceptors (Lipinski definition) is 4. The van der Waals surface area contributed by atoms with Crippen molar-refractivity contribution in [2.75, 3.05) is 19.0 Å². The van der Waals surface area contributed by atoms with E-state index in [2.05, 4.69) is 17.1 Å². The van der Waals surface area contributed by atoms with Gasteiger partial charge in [-0.2, -0.15) is 0 Å². The maximum absolute atomic E-state index is 12.0. The van der Waals surface area contributed by atoms with Crippen LogP contribution in [0.3, 0.4) is 0 Å². The summed E-state index contributed by atoms with van der Waals surface area (Å²) in [4.78, 5) is 19.8. The molecular formula is C25H37N3O3. The maximum Gasteiger partial charge on any atom is 0.337 e. The van der Waals surface area contributed by atoms with Crippen LogP contribution in [0, 0.1) is 11.8 Å². The lowest BCUT2D eigenvalue weighted by Gasteiger charge is -2.46. The normalized spacial score (nSPS) is 29.2. The van der Waals surface area contributed by atoms with E-state index in [9.17, 15) is 9.90 Å². The lowest BCUT2D eigenvalue weighted by Crippen LogP contribution is -2.52. The number of aliphatic imine (C=N–C) groups is 1. The summed E-state index contributed by atoms with van der Waals surface area (Å²) in [5, 5.41) is 14.0. The highest BCUT2D eigenvalue weighted by Crippen LogP contribution is 2.37. The molecule has 4 atom stereocenters. The van der Waals surface area contributed by atoms with E-state index in [4.69, 9.17) is 9.73 Å². The number of methoxy groups -OCH3 is 1. The van der Waals surface area contributed by atoms with Crippen molar-refractivity contribution in [3.05, 3.63) is 23.8 Å². The Morgan fingerprint density at radius 2 is 1.84 bits per heavy atom. The maximum atomic E-state index is 12.0. The number of phenols is 1. The fourth-order valence-electron chi connectivity index (χ4n) is 5.71. The third kappa shape index (κ3) is 4.99. The second-order valence-corrected chi connectivity index (χ2v) is 9.58. The second-order valence-electron chi connectivity index (χ2n) is 9.58. The van der Waals surface area contributed by atoms with Crippen molar-refractivity contribution < 1.29 is 14.6 Å². The lowest BCUT2D eigenvalue weighted by atomic mass is 9.78. The Kier molecular flexibility index (Phi) is 7.03. The Hall–Kier alpha value is -2.24. The molecule has 31 heavy (non-hydrogen) atoms. The van der Waals surface area contributed by atoms with Crippen molar-refractivity contribution in [1.82, 2.24) is 4.90 Å². The summed E-state index contributed by atoms with van der Waals surface area (Å²) in [7, 11) is 1.37. The van der Waals surface area contributed by atoms with Gasteiger partial charge in [0.2, 0.25) is 0 Å². The summed E-state index contributed by atoms with van der Waals surface area (Å²) in [6, 6.07) is 5.62. The van der Waals surface area contributed by atoms with Crippen LogP contribution in [0.5, 0.6) is 5.75 Å². The first kappa shape index (κ1) is 22.0. The van der Waals surface area contributed by atoms with Crippen LogP contribution in [0.1, 0.15) is 81.5 Å². The number of piperidine rings is 1. The number of carbonyl (C=O) groups is 1. The van der Waals surface area contributed by atoms with Crippen LogP contribution >= 0.6 is 0 Å². The number of rotatable bonds is 3. The first-order valence-electron chi connectivity index (χ1n) is 12.1. The summed E-state index contributed by atoms with van der Waals surface area (Å²) in [6.45, 7) is 3.30. The number of ether oxygens (including phenoxy) is 1. The molecule has 1 aromatic rings. The highest BCUT2D eigenvalue weighted by atomic mass is 16.5.